The molecule has 19 heavy (non-hydrogen) atoms. The van der Waals surface area contributed by atoms with Gasteiger partial charge in [-0.05, 0) is 29.7 Å². The minimum atomic E-state index is -0.427. The molecule has 1 saturated heterocycles. The standard InChI is InChI=1S/C14H18N2O3/c1-13(2,6-15)14(7-18-8-14)9-3-4-11-10(5-9)16-12(17)19-11/h3-5H,6-8,15H2,1-2H3,(H,16,17). The number of nitrogens with one attached hydrogen (secondary N) is 1. The van der Waals surface area contributed by atoms with Gasteiger partial charge in [-0.15, -0.1) is 0 Å². The quantitative estimate of drug-likeness (QED) is 0.875. The summed E-state index contributed by atoms with van der Waals surface area (Å²) in [5.74, 6) is -0.427. The van der Waals surface area contributed by atoms with Gasteiger partial charge in [-0.1, -0.05) is 19.9 Å². The van der Waals surface area contributed by atoms with Crippen LogP contribution in [0.5, 0.6) is 0 Å². The predicted octanol–water partition coefficient (Wildman–Crippen LogP) is 1.37. The molecule has 0 saturated carbocycles. The van der Waals surface area contributed by atoms with Gasteiger partial charge in [0.15, 0.2) is 5.58 Å². The van der Waals surface area contributed by atoms with Gasteiger partial charge in [0.2, 0.25) is 0 Å². The molecule has 1 aliphatic rings. The number of oxazole rings is 1. The number of aromatic nitrogens is 1. The zero-order valence-electron chi connectivity index (χ0n) is 11.2. The van der Waals surface area contributed by atoms with E-state index in [1.54, 1.807) is 0 Å². The lowest BCUT2D eigenvalue weighted by Crippen LogP contribution is -2.59. The molecule has 0 spiro atoms. The third-order valence-electron chi connectivity index (χ3n) is 4.47. The third kappa shape index (κ3) is 1.65. The van der Waals surface area contributed by atoms with E-state index in [2.05, 4.69) is 18.8 Å². The van der Waals surface area contributed by atoms with Crippen molar-refractivity contribution >= 4 is 11.1 Å². The molecule has 1 aromatic carbocycles. The van der Waals surface area contributed by atoms with E-state index in [9.17, 15) is 4.79 Å². The fraction of sp³-hybridized carbons (Fsp3) is 0.500. The zero-order valence-corrected chi connectivity index (χ0v) is 11.2. The number of ether oxygens (including phenoxy) is 1. The molecule has 3 rings (SSSR count). The molecule has 0 radical (unpaired) electrons. The maximum Gasteiger partial charge on any atom is 0.417 e. The van der Waals surface area contributed by atoms with E-state index >= 15 is 0 Å². The van der Waals surface area contributed by atoms with Crippen LogP contribution in [0.4, 0.5) is 0 Å². The van der Waals surface area contributed by atoms with Crippen LogP contribution in [0, 0.1) is 5.41 Å². The first-order valence-corrected chi connectivity index (χ1v) is 6.40. The Morgan fingerprint density at radius 1 is 1.42 bits per heavy atom. The van der Waals surface area contributed by atoms with Gasteiger partial charge in [0.05, 0.1) is 18.7 Å². The van der Waals surface area contributed by atoms with Crippen molar-refractivity contribution in [1.29, 1.82) is 0 Å². The van der Waals surface area contributed by atoms with Crippen LogP contribution in [-0.4, -0.2) is 24.7 Å². The van der Waals surface area contributed by atoms with E-state index in [1.165, 1.54) is 0 Å². The number of hydrogen-bond donors (Lipinski definition) is 2. The SMILES string of the molecule is CC(C)(CN)C1(c2ccc3oc(=O)[nH]c3c2)COC1. The number of hydrogen-bond acceptors (Lipinski definition) is 4. The number of fused-ring (bicyclic) bond motifs is 1. The smallest absolute Gasteiger partial charge is 0.408 e. The lowest BCUT2D eigenvalue weighted by Gasteiger charge is -2.52. The molecule has 2 heterocycles. The Balaban J connectivity index is 2.14. The van der Waals surface area contributed by atoms with E-state index in [0.717, 1.165) is 11.1 Å². The van der Waals surface area contributed by atoms with Crippen molar-refractivity contribution in [3.05, 3.63) is 34.3 Å². The minimum absolute atomic E-state index is 0.0665. The molecule has 0 atom stereocenters. The topological polar surface area (TPSA) is 81.2 Å². The van der Waals surface area contributed by atoms with E-state index < -0.39 is 5.76 Å². The van der Waals surface area contributed by atoms with Crippen molar-refractivity contribution < 1.29 is 9.15 Å². The highest BCUT2D eigenvalue weighted by Crippen LogP contribution is 2.47. The van der Waals surface area contributed by atoms with Crippen molar-refractivity contribution in [3.63, 3.8) is 0 Å². The second-order valence-corrected chi connectivity index (χ2v) is 5.89. The highest BCUT2D eigenvalue weighted by molar-refractivity contribution is 5.73. The van der Waals surface area contributed by atoms with Crippen LogP contribution < -0.4 is 11.5 Å². The number of rotatable bonds is 3. The Labute approximate surface area is 110 Å². The Morgan fingerprint density at radius 3 is 2.74 bits per heavy atom. The summed E-state index contributed by atoms with van der Waals surface area (Å²) in [6, 6.07) is 5.80. The molecule has 1 aromatic heterocycles. The van der Waals surface area contributed by atoms with E-state index in [4.69, 9.17) is 14.9 Å². The van der Waals surface area contributed by atoms with Gasteiger partial charge in [0.1, 0.15) is 0 Å². The van der Waals surface area contributed by atoms with Crippen molar-refractivity contribution in [2.45, 2.75) is 19.3 Å². The van der Waals surface area contributed by atoms with Gasteiger partial charge in [0.25, 0.3) is 0 Å². The van der Waals surface area contributed by atoms with E-state index in [1.807, 2.05) is 18.2 Å². The molecule has 1 fully saturated rings. The molecule has 1 aliphatic heterocycles. The summed E-state index contributed by atoms with van der Waals surface area (Å²) in [6.07, 6.45) is 0. The van der Waals surface area contributed by atoms with Crippen molar-refractivity contribution in [1.82, 2.24) is 4.98 Å². The summed E-state index contributed by atoms with van der Waals surface area (Å²) in [5, 5.41) is 0. The van der Waals surface area contributed by atoms with Crippen LogP contribution >= 0.6 is 0 Å². The zero-order chi connectivity index (χ0) is 13.7. The van der Waals surface area contributed by atoms with Crippen LogP contribution in [0.1, 0.15) is 19.4 Å². The molecule has 0 amide bonds. The molecule has 5 nitrogen and oxygen atoms in total. The maximum absolute atomic E-state index is 11.2. The maximum atomic E-state index is 11.2. The third-order valence-corrected chi connectivity index (χ3v) is 4.47. The van der Waals surface area contributed by atoms with Gasteiger partial charge in [-0.2, -0.15) is 0 Å². The summed E-state index contributed by atoms with van der Waals surface area (Å²) < 4.78 is 10.5. The molecule has 102 valence electrons. The van der Waals surface area contributed by atoms with Crippen molar-refractivity contribution in [2.75, 3.05) is 19.8 Å². The first-order chi connectivity index (χ1) is 8.98. The average molecular weight is 262 g/mol. The van der Waals surface area contributed by atoms with Gasteiger partial charge >= 0.3 is 5.76 Å². The normalized spacial score (nSPS) is 18.5. The summed E-state index contributed by atoms with van der Waals surface area (Å²) in [5.41, 5.74) is 8.20. The van der Waals surface area contributed by atoms with Crippen LogP contribution in [0.3, 0.4) is 0 Å². The minimum Gasteiger partial charge on any atom is -0.408 e. The molecular formula is C14H18N2O3. The monoisotopic (exact) mass is 262 g/mol. The lowest BCUT2D eigenvalue weighted by molar-refractivity contribution is -0.116. The van der Waals surface area contributed by atoms with Gasteiger partial charge in [-0.25, -0.2) is 4.79 Å². The van der Waals surface area contributed by atoms with Gasteiger partial charge < -0.3 is 14.9 Å². The Morgan fingerprint density at radius 2 is 2.16 bits per heavy atom. The first-order valence-electron chi connectivity index (χ1n) is 6.40. The summed E-state index contributed by atoms with van der Waals surface area (Å²) in [6.45, 7) is 6.20. The number of benzene rings is 1. The summed E-state index contributed by atoms with van der Waals surface area (Å²) in [4.78, 5) is 13.9. The largest absolute Gasteiger partial charge is 0.417 e. The molecule has 0 unspecified atom stereocenters. The molecule has 0 bridgehead atoms. The predicted molar refractivity (Wildman–Crippen MR) is 72.2 cm³/mol. The first kappa shape index (κ1) is 12.4. The van der Waals surface area contributed by atoms with E-state index in [-0.39, 0.29) is 10.8 Å². The summed E-state index contributed by atoms with van der Waals surface area (Å²) >= 11 is 0. The van der Waals surface area contributed by atoms with Crippen LogP contribution in [0.2, 0.25) is 0 Å². The van der Waals surface area contributed by atoms with Crippen LogP contribution in [0.25, 0.3) is 11.1 Å². The lowest BCUT2D eigenvalue weighted by atomic mass is 9.60. The second kappa shape index (κ2) is 3.95. The van der Waals surface area contributed by atoms with E-state index in [0.29, 0.717) is 25.3 Å². The Hall–Kier alpha value is -1.59. The fourth-order valence-corrected chi connectivity index (χ4v) is 2.70. The van der Waals surface area contributed by atoms with Crippen LogP contribution in [-0.2, 0) is 10.2 Å². The van der Waals surface area contributed by atoms with Crippen molar-refractivity contribution in [2.24, 2.45) is 11.1 Å². The van der Waals surface area contributed by atoms with Crippen LogP contribution in [0.15, 0.2) is 27.4 Å². The Kier molecular flexibility index (Phi) is 2.59. The molecular weight excluding hydrogens is 244 g/mol. The van der Waals surface area contributed by atoms with Crippen molar-refractivity contribution in [3.8, 4) is 0 Å². The van der Waals surface area contributed by atoms with Gasteiger partial charge in [-0.3, -0.25) is 4.98 Å². The number of H-pyrrole nitrogens is 1. The van der Waals surface area contributed by atoms with Gasteiger partial charge in [0, 0.05) is 5.41 Å². The second-order valence-electron chi connectivity index (χ2n) is 5.89. The average Bonchev–Trinajstić information content (AvgIpc) is 2.66. The molecule has 2 aromatic rings. The summed E-state index contributed by atoms with van der Waals surface area (Å²) in [7, 11) is 0. The Bertz CT molecular complexity index is 665. The highest BCUT2D eigenvalue weighted by atomic mass is 16.5. The molecule has 0 aliphatic carbocycles. The molecule has 3 N–H and O–H groups in total. The fourth-order valence-electron chi connectivity index (χ4n) is 2.70. The highest BCUT2D eigenvalue weighted by Gasteiger charge is 2.51. The molecule has 5 heteroatoms. The number of nitrogens with two attached hydrogens (primary N) is 1. The number of aromatic amines is 1.